The highest BCUT2D eigenvalue weighted by Gasteiger charge is 2.11. The Hall–Kier alpha value is -4.05. The monoisotopic (exact) mass is 410 g/mol. The van der Waals surface area contributed by atoms with Crippen molar-refractivity contribution >= 4 is 22.6 Å². The van der Waals surface area contributed by atoms with E-state index in [0.29, 0.717) is 18.1 Å². The third-order valence-corrected chi connectivity index (χ3v) is 5.03. The zero-order valence-electron chi connectivity index (χ0n) is 17.1. The van der Waals surface area contributed by atoms with Gasteiger partial charge in [-0.1, -0.05) is 60.7 Å². The number of carbonyl (C=O) groups excluding carboxylic acids is 1. The maximum Gasteiger partial charge on any atom is 0.189 e. The van der Waals surface area contributed by atoms with Crippen molar-refractivity contribution in [3.05, 3.63) is 108 Å². The molecule has 0 fully saturated rings. The number of phenolic OH excluding ortho intramolecular Hbond substituents is 1. The number of ketones is 1. The second kappa shape index (κ2) is 9.18. The first-order valence-corrected chi connectivity index (χ1v) is 9.93. The predicted molar refractivity (Wildman–Crippen MR) is 123 cm³/mol. The van der Waals surface area contributed by atoms with Gasteiger partial charge in [0.1, 0.15) is 23.9 Å². The molecule has 31 heavy (non-hydrogen) atoms. The van der Waals surface area contributed by atoms with Gasteiger partial charge in [0.05, 0.1) is 12.7 Å². The predicted octanol–water partition coefficient (Wildman–Crippen LogP) is 6.03. The number of fused-ring (bicyclic) bond motifs is 1. The van der Waals surface area contributed by atoms with Gasteiger partial charge >= 0.3 is 0 Å². The van der Waals surface area contributed by atoms with E-state index in [4.69, 9.17) is 9.47 Å². The molecular formula is C27H22O4. The Morgan fingerprint density at radius 1 is 0.935 bits per heavy atom. The van der Waals surface area contributed by atoms with Gasteiger partial charge in [-0.05, 0) is 46.7 Å². The lowest BCUT2D eigenvalue weighted by Gasteiger charge is -2.09. The highest BCUT2D eigenvalue weighted by molar-refractivity contribution is 6.09. The molecule has 154 valence electrons. The van der Waals surface area contributed by atoms with E-state index < -0.39 is 0 Å². The number of carbonyl (C=O) groups is 1. The minimum absolute atomic E-state index is 0.120. The molecule has 0 unspecified atom stereocenters. The number of rotatable bonds is 7. The van der Waals surface area contributed by atoms with Gasteiger partial charge in [0.25, 0.3) is 0 Å². The molecule has 0 atom stereocenters. The van der Waals surface area contributed by atoms with Gasteiger partial charge in [0.15, 0.2) is 5.78 Å². The van der Waals surface area contributed by atoms with Crippen LogP contribution in [0.5, 0.6) is 17.2 Å². The summed E-state index contributed by atoms with van der Waals surface area (Å²) in [4.78, 5) is 12.7. The fourth-order valence-corrected chi connectivity index (χ4v) is 3.42. The first-order chi connectivity index (χ1) is 15.2. The standard InChI is InChI=1S/C27H22O4/c1-30-27-16-11-20-9-5-6-10-22(20)23(27)14-15-25(28)24-13-12-21(17-26(24)29)31-18-19-7-3-2-4-8-19/h2-17,29H,18H2,1H3/b15-14-. The highest BCUT2D eigenvalue weighted by Crippen LogP contribution is 2.30. The van der Waals surface area contributed by atoms with Crippen LogP contribution in [0.2, 0.25) is 0 Å². The summed E-state index contributed by atoms with van der Waals surface area (Å²) in [5.41, 5.74) is 2.05. The van der Waals surface area contributed by atoms with Crippen molar-refractivity contribution in [2.45, 2.75) is 6.61 Å². The van der Waals surface area contributed by atoms with Gasteiger partial charge in [-0.25, -0.2) is 0 Å². The highest BCUT2D eigenvalue weighted by atomic mass is 16.5. The van der Waals surface area contributed by atoms with Crippen molar-refractivity contribution in [1.29, 1.82) is 0 Å². The van der Waals surface area contributed by atoms with Crippen LogP contribution in [0.3, 0.4) is 0 Å². The molecule has 4 nitrogen and oxygen atoms in total. The molecule has 4 aromatic rings. The van der Waals surface area contributed by atoms with E-state index in [1.807, 2.05) is 66.7 Å². The molecule has 0 radical (unpaired) electrons. The molecule has 0 spiro atoms. The first-order valence-electron chi connectivity index (χ1n) is 9.93. The zero-order valence-corrected chi connectivity index (χ0v) is 17.1. The fourth-order valence-electron chi connectivity index (χ4n) is 3.42. The first kappa shape index (κ1) is 20.2. The van der Waals surface area contributed by atoms with Gasteiger partial charge in [-0.2, -0.15) is 0 Å². The van der Waals surface area contributed by atoms with Crippen molar-refractivity contribution < 1.29 is 19.4 Å². The van der Waals surface area contributed by atoms with Crippen LogP contribution in [0.1, 0.15) is 21.5 Å². The van der Waals surface area contributed by atoms with Gasteiger partial charge in [-0.3, -0.25) is 4.79 Å². The van der Waals surface area contributed by atoms with Gasteiger partial charge < -0.3 is 14.6 Å². The smallest absolute Gasteiger partial charge is 0.189 e. The molecule has 1 N–H and O–H groups in total. The lowest BCUT2D eigenvalue weighted by molar-refractivity contribution is 0.104. The van der Waals surface area contributed by atoms with Crippen molar-refractivity contribution in [3.8, 4) is 17.2 Å². The molecule has 0 saturated carbocycles. The molecule has 4 aromatic carbocycles. The molecule has 0 heterocycles. The average molecular weight is 410 g/mol. The summed E-state index contributed by atoms with van der Waals surface area (Å²) in [7, 11) is 1.60. The Labute approximate surface area is 181 Å². The van der Waals surface area contributed by atoms with Crippen LogP contribution in [-0.2, 0) is 6.61 Å². The topological polar surface area (TPSA) is 55.8 Å². The zero-order chi connectivity index (χ0) is 21.6. The number of benzene rings is 4. The Morgan fingerprint density at radius 2 is 1.71 bits per heavy atom. The molecule has 0 aliphatic carbocycles. The molecule has 4 rings (SSSR count). The molecule has 0 saturated heterocycles. The van der Waals surface area contributed by atoms with Crippen LogP contribution in [0.4, 0.5) is 0 Å². The van der Waals surface area contributed by atoms with Crippen LogP contribution >= 0.6 is 0 Å². The van der Waals surface area contributed by atoms with E-state index in [9.17, 15) is 9.90 Å². The third kappa shape index (κ3) is 4.59. The van der Waals surface area contributed by atoms with Gasteiger partial charge in [0.2, 0.25) is 0 Å². The van der Waals surface area contributed by atoms with Crippen molar-refractivity contribution in [3.63, 3.8) is 0 Å². The fraction of sp³-hybridized carbons (Fsp3) is 0.0741. The van der Waals surface area contributed by atoms with Crippen molar-refractivity contribution in [1.82, 2.24) is 0 Å². The normalized spacial score (nSPS) is 11.0. The Balaban J connectivity index is 1.54. The van der Waals surface area contributed by atoms with Crippen LogP contribution in [-0.4, -0.2) is 18.0 Å². The molecule has 0 amide bonds. The summed E-state index contributed by atoms with van der Waals surface area (Å²) in [6.07, 6.45) is 3.17. The molecular weight excluding hydrogens is 388 g/mol. The van der Waals surface area contributed by atoms with E-state index >= 15 is 0 Å². The van der Waals surface area contributed by atoms with Crippen molar-refractivity contribution in [2.75, 3.05) is 7.11 Å². The average Bonchev–Trinajstić information content (AvgIpc) is 2.81. The maximum atomic E-state index is 12.7. The number of allylic oxidation sites excluding steroid dienone is 1. The second-order valence-corrected chi connectivity index (χ2v) is 7.05. The van der Waals surface area contributed by atoms with Crippen LogP contribution in [0.15, 0.2) is 91.0 Å². The molecule has 0 bridgehead atoms. The maximum absolute atomic E-state index is 12.7. The number of aromatic hydroxyl groups is 1. The molecule has 0 aliphatic rings. The molecule has 4 heteroatoms. The number of phenols is 1. The second-order valence-electron chi connectivity index (χ2n) is 7.05. The van der Waals surface area contributed by atoms with Crippen LogP contribution < -0.4 is 9.47 Å². The van der Waals surface area contributed by atoms with E-state index in [0.717, 1.165) is 21.9 Å². The number of methoxy groups -OCH3 is 1. The van der Waals surface area contributed by atoms with Crippen molar-refractivity contribution in [2.24, 2.45) is 0 Å². The minimum Gasteiger partial charge on any atom is -0.507 e. The van der Waals surface area contributed by atoms with Gasteiger partial charge in [-0.15, -0.1) is 0 Å². The number of ether oxygens (including phenoxy) is 2. The summed E-state index contributed by atoms with van der Waals surface area (Å²) in [5.74, 6) is 0.751. The summed E-state index contributed by atoms with van der Waals surface area (Å²) in [6.45, 7) is 0.383. The van der Waals surface area contributed by atoms with E-state index in [-0.39, 0.29) is 17.1 Å². The quantitative estimate of drug-likeness (QED) is 0.299. The number of hydrogen-bond acceptors (Lipinski definition) is 4. The summed E-state index contributed by atoms with van der Waals surface area (Å²) in [6, 6.07) is 26.2. The Bertz CT molecular complexity index is 1240. The Kier molecular flexibility index (Phi) is 5.99. The largest absolute Gasteiger partial charge is 0.507 e. The minimum atomic E-state index is -0.304. The molecule has 0 aliphatic heterocycles. The number of hydrogen-bond donors (Lipinski definition) is 1. The van der Waals surface area contributed by atoms with Crippen LogP contribution in [0, 0.1) is 0 Å². The summed E-state index contributed by atoms with van der Waals surface area (Å²) >= 11 is 0. The lowest BCUT2D eigenvalue weighted by atomic mass is 10.0. The Morgan fingerprint density at radius 3 is 2.48 bits per heavy atom. The summed E-state index contributed by atoms with van der Waals surface area (Å²) in [5, 5.41) is 12.4. The van der Waals surface area contributed by atoms with Gasteiger partial charge in [0, 0.05) is 11.6 Å². The summed E-state index contributed by atoms with van der Waals surface area (Å²) < 4.78 is 11.2. The van der Waals surface area contributed by atoms with E-state index in [1.165, 1.54) is 12.1 Å². The lowest BCUT2D eigenvalue weighted by Crippen LogP contribution is -1.98. The van der Waals surface area contributed by atoms with E-state index in [1.54, 1.807) is 25.3 Å². The third-order valence-electron chi connectivity index (χ3n) is 5.03. The SMILES string of the molecule is COc1ccc2ccccc2c1/C=C\C(=O)c1ccc(OCc2ccccc2)cc1O. The molecule has 0 aromatic heterocycles. The van der Waals surface area contributed by atoms with Crippen LogP contribution in [0.25, 0.3) is 16.8 Å². The van der Waals surface area contributed by atoms with E-state index in [2.05, 4.69) is 0 Å².